The van der Waals surface area contributed by atoms with Gasteiger partial charge in [0.1, 0.15) is 5.82 Å². The zero-order valence-electron chi connectivity index (χ0n) is 8.88. The van der Waals surface area contributed by atoms with Gasteiger partial charge in [-0.3, -0.25) is 4.68 Å². The molecule has 1 aromatic rings. The van der Waals surface area contributed by atoms with E-state index >= 15 is 0 Å². The molecule has 78 valence electrons. The molecule has 0 aromatic carbocycles. The average molecular weight is 194 g/mol. The fraction of sp³-hybridized carbons (Fsp3) is 0.700. The molecule has 1 aliphatic heterocycles. The second kappa shape index (κ2) is 3.28. The Morgan fingerprint density at radius 3 is 2.64 bits per heavy atom. The summed E-state index contributed by atoms with van der Waals surface area (Å²) in [6.45, 7) is 4.43. The van der Waals surface area contributed by atoms with Crippen LogP contribution in [-0.2, 0) is 12.5 Å². The van der Waals surface area contributed by atoms with Crippen molar-refractivity contribution in [2.75, 3.05) is 18.8 Å². The van der Waals surface area contributed by atoms with E-state index in [9.17, 15) is 0 Å². The molecule has 0 saturated carbocycles. The Bertz CT molecular complexity index is 303. The summed E-state index contributed by atoms with van der Waals surface area (Å²) in [6, 6.07) is 2.01. The van der Waals surface area contributed by atoms with Crippen LogP contribution in [0.3, 0.4) is 0 Å². The molecular formula is C10H18N4. The monoisotopic (exact) mass is 194 g/mol. The van der Waals surface area contributed by atoms with Gasteiger partial charge in [-0.1, -0.05) is 6.92 Å². The van der Waals surface area contributed by atoms with Gasteiger partial charge in [-0.2, -0.15) is 5.10 Å². The number of hydrogen-bond donors (Lipinski definition) is 2. The van der Waals surface area contributed by atoms with Crippen LogP contribution in [0.25, 0.3) is 0 Å². The Hall–Kier alpha value is -1.03. The van der Waals surface area contributed by atoms with Crippen molar-refractivity contribution < 1.29 is 0 Å². The molecule has 1 aliphatic rings. The van der Waals surface area contributed by atoms with E-state index in [0.717, 1.165) is 37.4 Å². The third kappa shape index (κ3) is 1.50. The van der Waals surface area contributed by atoms with Crippen molar-refractivity contribution in [3.8, 4) is 0 Å². The predicted octanol–water partition coefficient (Wildman–Crippen LogP) is 0.643. The van der Waals surface area contributed by atoms with E-state index in [4.69, 9.17) is 5.73 Å². The normalized spacial score (nSPS) is 21.0. The quantitative estimate of drug-likeness (QED) is 0.690. The number of aromatic nitrogens is 2. The Morgan fingerprint density at radius 1 is 1.50 bits per heavy atom. The van der Waals surface area contributed by atoms with Crippen molar-refractivity contribution >= 4 is 5.82 Å². The Morgan fingerprint density at radius 2 is 2.14 bits per heavy atom. The first-order chi connectivity index (χ1) is 6.62. The summed E-state index contributed by atoms with van der Waals surface area (Å²) in [4.78, 5) is 0. The van der Waals surface area contributed by atoms with Gasteiger partial charge in [0, 0.05) is 18.5 Å². The van der Waals surface area contributed by atoms with E-state index in [1.165, 1.54) is 0 Å². The van der Waals surface area contributed by atoms with Gasteiger partial charge in [0.05, 0.1) is 5.69 Å². The molecule has 0 aliphatic carbocycles. The van der Waals surface area contributed by atoms with Crippen molar-refractivity contribution in [3.63, 3.8) is 0 Å². The molecule has 0 bridgehead atoms. The number of anilines is 1. The maximum Gasteiger partial charge on any atom is 0.121 e. The molecule has 1 aromatic heterocycles. The van der Waals surface area contributed by atoms with Crippen LogP contribution in [0.4, 0.5) is 5.82 Å². The van der Waals surface area contributed by atoms with Crippen molar-refractivity contribution in [2.24, 2.45) is 7.05 Å². The average Bonchev–Trinajstić information content (AvgIpc) is 2.49. The van der Waals surface area contributed by atoms with E-state index in [1.54, 1.807) is 4.68 Å². The summed E-state index contributed by atoms with van der Waals surface area (Å²) in [6.07, 6.45) is 2.28. The van der Waals surface area contributed by atoms with E-state index < -0.39 is 0 Å². The second-order valence-electron chi connectivity index (χ2n) is 4.39. The molecule has 0 radical (unpaired) electrons. The van der Waals surface area contributed by atoms with E-state index in [1.807, 2.05) is 13.1 Å². The summed E-state index contributed by atoms with van der Waals surface area (Å²) < 4.78 is 1.75. The van der Waals surface area contributed by atoms with Gasteiger partial charge >= 0.3 is 0 Å². The minimum absolute atomic E-state index is 0.209. The highest BCUT2D eigenvalue weighted by molar-refractivity contribution is 5.34. The highest BCUT2D eigenvalue weighted by Crippen LogP contribution is 2.32. The summed E-state index contributed by atoms with van der Waals surface area (Å²) in [5, 5.41) is 7.83. The molecule has 0 unspecified atom stereocenters. The van der Waals surface area contributed by atoms with Crippen LogP contribution < -0.4 is 11.1 Å². The molecule has 14 heavy (non-hydrogen) atoms. The lowest BCUT2D eigenvalue weighted by Gasteiger charge is -2.32. The minimum Gasteiger partial charge on any atom is -0.384 e. The molecule has 0 atom stereocenters. The van der Waals surface area contributed by atoms with Crippen LogP contribution in [0.2, 0.25) is 0 Å². The summed E-state index contributed by atoms with van der Waals surface area (Å²) >= 11 is 0. The Labute approximate surface area is 84.5 Å². The SMILES string of the molecule is Cn1nc(C2(C)CCNCC2)cc1N. The summed E-state index contributed by atoms with van der Waals surface area (Å²) in [5.41, 5.74) is 7.14. The lowest BCUT2D eigenvalue weighted by atomic mass is 9.78. The van der Waals surface area contributed by atoms with E-state index in [2.05, 4.69) is 17.3 Å². The molecular weight excluding hydrogens is 176 g/mol. The summed E-state index contributed by atoms with van der Waals surface area (Å²) in [7, 11) is 1.89. The van der Waals surface area contributed by atoms with Crippen LogP contribution in [0, 0.1) is 0 Å². The zero-order chi connectivity index (χ0) is 10.2. The number of nitrogens with zero attached hydrogens (tertiary/aromatic N) is 2. The highest BCUT2D eigenvalue weighted by Gasteiger charge is 2.31. The first-order valence-electron chi connectivity index (χ1n) is 5.12. The summed E-state index contributed by atoms with van der Waals surface area (Å²) in [5.74, 6) is 0.750. The largest absolute Gasteiger partial charge is 0.384 e. The molecule has 4 nitrogen and oxygen atoms in total. The highest BCUT2D eigenvalue weighted by atomic mass is 15.3. The maximum absolute atomic E-state index is 5.79. The van der Waals surface area contributed by atoms with Gasteiger partial charge in [-0.05, 0) is 25.9 Å². The number of piperidine rings is 1. The van der Waals surface area contributed by atoms with Gasteiger partial charge in [0.2, 0.25) is 0 Å². The zero-order valence-corrected chi connectivity index (χ0v) is 8.88. The molecule has 2 rings (SSSR count). The van der Waals surface area contributed by atoms with Crippen LogP contribution in [0.1, 0.15) is 25.5 Å². The second-order valence-corrected chi connectivity index (χ2v) is 4.39. The number of rotatable bonds is 1. The molecule has 1 fully saturated rings. The molecule has 2 heterocycles. The lowest BCUT2D eigenvalue weighted by Crippen LogP contribution is -2.38. The fourth-order valence-corrected chi connectivity index (χ4v) is 2.01. The third-order valence-corrected chi connectivity index (χ3v) is 3.24. The lowest BCUT2D eigenvalue weighted by molar-refractivity contribution is 0.325. The maximum atomic E-state index is 5.79. The van der Waals surface area contributed by atoms with Crippen LogP contribution in [0.15, 0.2) is 6.07 Å². The van der Waals surface area contributed by atoms with Gasteiger partial charge in [0.15, 0.2) is 0 Å². The third-order valence-electron chi connectivity index (χ3n) is 3.24. The van der Waals surface area contributed by atoms with Crippen LogP contribution in [0.5, 0.6) is 0 Å². The molecule has 1 saturated heterocycles. The first-order valence-corrected chi connectivity index (χ1v) is 5.12. The van der Waals surface area contributed by atoms with Crippen molar-refractivity contribution in [1.29, 1.82) is 0 Å². The van der Waals surface area contributed by atoms with Gasteiger partial charge < -0.3 is 11.1 Å². The van der Waals surface area contributed by atoms with Crippen molar-refractivity contribution in [2.45, 2.75) is 25.2 Å². The van der Waals surface area contributed by atoms with Gasteiger partial charge in [-0.25, -0.2) is 0 Å². The minimum atomic E-state index is 0.209. The van der Waals surface area contributed by atoms with Gasteiger partial charge in [-0.15, -0.1) is 0 Å². The first kappa shape index (κ1) is 9.52. The van der Waals surface area contributed by atoms with E-state index in [-0.39, 0.29) is 5.41 Å². The topological polar surface area (TPSA) is 55.9 Å². The van der Waals surface area contributed by atoms with Gasteiger partial charge in [0.25, 0.3) is 0 Å². The van der Waals surface area contributed by atoms with Crippen LogP contribution >= 0.6 is 0 Å². The number of aryl methyl sites for hydroxylation is 1. The standard InChI is InChI=1S/C10H18N4/c1-10(3-5-12-6-4-10)8-7-9(11)14(2)13-8/h7,12H,3-6,11H2,1-2H3. The smallest absolute Gasteiger partial charge is 0.121 e. The number of nitrogen functional groups attached to an aromatic ring is 1. The van der Waals surface area contributed by atoms with Crippen LogP contribution in [-0.4, -0.2) is 22.9 Å². The van der Waals surface area contributed by atoms with Crippen molar-refractivity contribution in [3.05, 3.63) is 11.8 Å². The van der Waals surface area contributed by atoms with Crippen molar-refractivity contribution in [1.82, 2.24) is 15.1 Å². The molecule has 3 N–H and O–H groups in total. The predicted molar refractivity (Wildman–Crippen MR) is 57.1 cm³/mol. The Kier molecular flexibility index (Phi) is 2.23. The molecule has 0 spiro atoms. The Balaban J connectivity index is 2.28. The fourth-order valence-electron chi connectivity index (χ4n) is 2.01. The number of hydrogen-bond acceptors (Lipinski definition) is 3. The van der Waals surface area contributed by atoms with E-state index in [0.29, 0.717) is 0 Å². The molecule has 4 heteroatoms. The number of nitrogens with two attached hydrogens (primary N) is 1. The molecule has 0 amide bonds. The number of nitrogens with one attached hydrogen (secondary N) is 1.